The average Bonchev–Trinajstić information content (AvgIpc) is 2.79. The number of benzene rings is 2. The van der Waals surface area contributed by atoms with Crippen LogP contribution < -0.4 is 10.6 Å². The molecule has 0 unspecified atom stereocenters. The molecule has 0 saturated heterocycles. The number of anilines is 2. The van der Waals surface area contributed by atoms with E-state index in [1.165, 1.54) is 0 Å². The summed E-state index contributed by atoms with van der Waals surface area (Å²) in [5.41, 5.74) is 2.40. The van der Waals surface area contributed by atoms with Crippen molar-refractivity contribution in [1.29, 1.82) is 0 Å². The van der Waals surface area contributed by atoms with Crippen LogP contribution in [-0.4, -0.2) is 10.6 Å². The Morgan fingerprint density at radius 2 is 1.67 bits per heavy atom. The first kappa shape index (κ1) is 13.5. The zero-order valence-corrected chi connectivity index (χ0v) is 12.2. The van der Waals surface area contributed by atoms with Gasteiger partial charge >= 0.3 is 6.03 Å². The normalized spacial score (nSPS) is 10.6. The summed E-state index contributed by atoms with van der Waals surface area (Å²) >= 11 is 6.02. The van der Waals surface area contributed by atoms with Crippen molar-refractivity contribution in [2.24, 2.45) is 7.05 Å². The van der Waals surface area contributed by atoms with Crippen LogP contribution in [0.3, 0.4) is 0 Å². The molecule has 0 bridgehead atoms. The maximum absolute atomic E-state index is 12.1. The lowest BCUT2D eigenvalue weighted by Crippen LogP contribution is -2.19. The van der Waals surface area contributed by atoms with Crippen LogP contribution in [0.5, 0.6) is 0 Å². The highest BCUT2D eigenvalue weighted by Gasteiger charge is 2.10. The lowest BCUT2D eigenvalue weighted by molar-refractivity contribution is 0.262. The van der Waals surface area contributed by atoms with E-state index in [0.29, 0.717) is 10.7 Å². The highest BCUT2D eigenvalue weighted by atomic mass is 35.5. The van der Waals surface area contributed by atoms with E-state index < -0.39 is 0 Å². The zero-order chi connectivity index (χ0) is 14.8. The van der Waals surface area contributed by atoms with Gasteiger partial charge in [-0.25, -0.2) is 4.79 Å². The molecule has 0 saturated carbocycles. The molecule has 0 spiro atoms. The van der Waals surface area contributed by atoms with E-state index in [1.54, 1.807) is 12.1 Å². The molecule has 0 fully saturated rings. The fourth-order valence-electron chi connectivity index (χ4n) is 2.28. The van der Waals surface area contributed by atoms with E-state index in [1.807, 2.05) is 54.2 Å². The van der Waals surface area contributed by atoms with Crippen LogP contribution in [0.4, 0.5) is 16.2 Å². The standard InChI is InChI=1S/C16H14ClN3O/c1-20-10-14(11-6-2-5-9-15(11)20)19-16(21)18-13-8-4-3-7-12(13)17/h2-10H,1H3,(H2,18,19,21). The average molecular weight is 300 g/mol. The number of carbonyl (C=O) groups excluding carboxylic acids is 1. The van der Waals surface area contributed by atoms with Crippen molar-refractivity contribution in [3.63, 3.8) is 0 Å². The highest BCUT2D eigenvalue weighted by molar-refractivity contribution is 6.33. The zero-order valence-electron chi connectivity index (χ0n) is 11.4. The van der Waals surface area contributed by atoms with E-state index in [9.17, 15) is 4.79 Å². The number of aromatic nitrogens is 1. The molecular formula is C16H14ClN3O. The number of hydrogen-bond acceptors (Lipinski definition) is 1. The van der Waals surface area contributed by atoms with Gasteiger partial charge in [-0.3, -0.25) is 0 Å². The largest absolute Gasteiger partial charge is 0.348 e. The van der Waals surface area contributed by atoms with Crippen molar-refractivity contribution >= 4 is 39.9 Å². The molecule has 1 heterocycles. The predicted molar refractivity (Wildman–Crippen MR) is 87.0 cm³/mol. The first-order chi connectivity index (χ1) is 10.1. The van der Waals surface area contributed by atoms with Gasteiger partial charge in [0.25, 0.3) is 0 Å². The van der Waals surface area contributed by atoms with Crippen LogP contribution in [0.2, 0.25) is 5.02 Å². The van der Waals surface area contributed by atoms with Crippen LogP contribution in [0.1, 0.15) is 0 Å². The van der Waals surface area contributed by atoms with Crippen LogP contribution >= 0.6 is 11.6 Å². The smallest absolute Gasteiger partial charge is 0.323 e. The molecule has 21 heavy (non-hydrogen) atoms. The van der Waals surface area contributed by atoms with Gasteiger partial charge in [-0.1, -0.05) is 41.9 Å². The van der Waals surface area contributed by atoms with Gasteiger partial charge in [0.2, 0.25) is 0 Å². The van der Waals surface area contributed by atoms with Gasteiger partial charge in [0.15, 0.2) is 0 Å². The Labute approximate surface area is 127 Å². The van der Waals surface area contributed by atoms with E-state index in [-0.39, 0.29) is 6.03 Å². The van der Waals surface area contributed by atoms with Crippen molar-refractivity contribution in [1.82, 2.24) is 4.57 Å². The molecule has 2 aromatic carbocycles. The molecule has 0 radical (unpaired) electrons. The molecule has 2 amide bonds. The highest BCUT2D eigenvalue weighted by Crippen LogP contribution is 2.25. The summed E-state index contributed by atoms with van der Waals surface area (Å²) in [5, 5.41) is 7.09. The van der Waals surface area contributed by atoms with E-state index in [4.69, 9.17) is 11.6 Å². The minimum absolute atomic E-state index is 0.320. The second-order valence-electron chi connectivity index (χ2n) is 4.73. The number of nitrogens with zero attached hydrogens (tertiary/aromatic N) is 1. The third-order valence-corrected chi connectivity index (χ3v) is 3.60. The van der Waals surface area contributed by atoms with Gasteiger partial charge in [-0.05, 0) is 18.2 Å². The number of halogens is 1. The Bertz CT molecular complexity index is 810. The Hall–Kier alpha value is -2.46. The number of aryl methyl sites for hydroxylation is 1. The molecule has 3 rings (SSSR count). The van der Waals surface area contributed by atoms with Gasteiger partial charge < -0.3 is 15.2 Å². The Morgan fingerprint density at radius 1 is 1.00 bits per heavy atom. The Kier molecular flexibility index (Phi) is 3.54. The van der Waals surface area contributed by atoms with Crippen molar-refractivity contribution < 1.29 is 4.79 Å². The monoisotopic (exact) mass is 299 g/mol. The number of hydrogen-bond donors (Lipinski definition) is 2. The van der Waals surface area contributed by atoms with Gasteiger partial charge in [-0.2, -0.15) is 0 Å². The molecule has 0 aliphatic rings. The molecule has 1 aromatic heterocycles. The van der Waals surface area contributed by atoms with Crippen molar-refractivity contribution in [3.05, 3.63) is 59.8 Å². The van der Waals surface area contributed by atoms with Gasteiger partial charge in [-0.15, -0.1) is 0 Å². The predicted octanol–water partition coefficient (Wildman–Crippen LogP) is 4.48. The molecule has 5 heteroatoms. The third kappa shape index (κ3) is 2.71. The number of rotatable bonds is 2. The molecule has 106 valence electrons. The summed E-state index contributed by atoms with van der Waals surface area (Å²) in [7, 11) is 1.94. The first-order valence-electron chi connectivity index (χ1n) is 6.52. The fraction of sp³-hybridized carbons (Fsp3) is 0.0625. The van der Waals surface area contributed by atoms with Crippen molar-refractivity contribution in [3.8, 4) is 0 Å². The second-order valence-corrected chi connectivity index (χ2v) is 5.14. The first-order valence-corrected chi connectivity index (χ1v) is 6.89. The number of amides is 2. The van der Waals surface area contributed by atoms with Crippen LogP contribution in [-0.2, 0) is 7.05 Å². The SMILES string of the molecule is Cn1cc(NC(=O)Nc2ccccc2Cl)c2ccccc21. The molecule has 4 nitrogen and oxygen atoms in total. The summed E-state index contributed by atoms with van der Waals surface area (Å²) in [6.07, 6.45) is 1.89. The molecule has 3 aromatic rings. The summed E-state index contributed by atoms with van der Waals surface area (Å²) in [6, 6.07) is 14.7. The van der Waals surface area contributed by atoms with E-state index in [2.05, 4.69) is 10.6 Å². The summed E-state index contributed by atoms with van der Waals surface area (Å²) in [6.45, 7) is 0. The quantitative estimate of drug-likeness (QED) is 0.720. The van der Waals surface area contributed by atoms with Gasteiger partial charge in [0.05, 0.1) is 16.4 Å². The van der Waals surface area contributed by atoms with Gasteiger partial charge in [0.1, 0.15) is 0 Å². The Morgan fingerprint density at radius 3 is 2.48 bits per heavy atom. The number of fused-ring (bicyclic) bond motifs is 1. The maximum Gasteiger partial charge on any atom is 0.323 e. The van der Waals surface area contributed by atoms with Crippen LogP contribution in [0.25, 0.3) is 10.9 Å². The fourth-order valence-corrected chi connectivity index (χ4v) is 2.46. The summed E-state index contributed by atoms with van der Waals surface area (Å²) < 4.78 is 1.97. The topological polar surface area (TPSA) is 46.1 Å². The number of para-hydroxylation sites is 2. The lowest BCUT2D eigenvalue weighted by atomic mass is 10.2. The minimum Gasteiger partial charge on any atom is -0.348 e. The molecule has 0 aliphatic heterocycles. The maximum atomic E-state index is 12.1. The van der Waals surface area contributed by atoms with Crippen LogP contribution in [0.15, 0.2) is 54.7 Å². The summed E-state index contributed by atoms with van der Waals surface area (Å²) in [5.74, 6) is 0. The molecule has 0 atom stereocenters. The van der Waals surface area contributed by atoms with Gasteiger partial charge in [0, 0.05) is 24.1 Å². The number of urea groups is 1. The van der Waals surface area contributed by atoms with E-state index >= 15 is 0 Å². The third-order valence-electron chi connectivity index (χ3n) is 3.27. The lowest BCUT2D eigenvalue weighted by Gasteiger charge is -2.08. The van der Waals surface area contributed by atoms with Crippen LogP contribution in [0, 0.1) is 0 Å². The van der Waals surface area contributed by atoms with E-state index in [0.717, 1.165) is 16.6 Å². The minimum atomic E-state index is -0.320. The summed E-state index contributed by atoms with van der Waals surface area (Å²) in [4.78, 5) is 12.1. The molecular weight excluding hydrogens is 286 g/mol. The van der Waals surface area contributed by atoms with Crippen molar-refractivity contribution in [2.45, 2.75) is 0 Å². The number of nitrogens with one attached hydrogen (secondary N) is 2. The second kappa shape index (κ2) is 5.50. The molecule has 2 N–H and O–H groups in total. The Balaban J connectivity index is 1.82. The van der Waals surface area contributed by atoms with Crippen molar-refractivity contribution in [2.75, 3.05) is 10.6 Å². The molecule has 0 aliphatic carbocycles. The number of carbonyl (C=O) groups is 1.